The van der Waals surface area contributed by atoms with Crippen molar-refractivity contribution in [2.24, 2.45) is 0 Å². The van der Waals surface area contributed by atoms with Crippen LogP contribution in [0.1, 0.15) is 43.4 Å². The number of rotatable bonds is 6. The summed E-state index contributed by atoms with van der Waals surface area (Å²) in [7, 11) is 3.09. The first-order valence-corrected chi connectivity index (χ1v) is 8.55. The summed E-state index contributed by atoms with van der Waals surface area (Å²) in [5.74, 6) is -0.729. The molecule has 0 aliphatic rings. The number of carbonyl (C=O) groups is 2. The second-order valence-electron chi connectivity index (χ2n) is 6.59. The molecule has 0 fully saturated rings. The van der Waals surface area contributed by atoms with Gasteiger partial charge in [0.05, 0.1) is 5.69 Å². The van der Waals surface area contributed by atoms with Gasteiger partial charge >= 0.3 is 0 Å². The SMILES string of the molecule is CCCc1cc(=O)n([C@H](C(C)=O)C(=O)N(C)C)c(-n2nc(C)cc2C)n1. The summed E-state index contributed by atoms with van der Waals surface area (Å²) in [6, 6.07) is 1.96. The van der Waals surface area contributed by atoms with Gasteiger partial charge in [-0.15, -0.1) is 0 Å². The molecule has 0 bridgehead atoms. The summed E-state index contributed by atoms with van der Waals surface area (Å²) < 4.78 is 2.65. The van der Waals surface area contributed by atoms with Crippen LogP contribution in [0, 0.1) is 13.8 Å². The van der Waals surface area contributed by atoms with Gasteiger partial charge in [-0.3, -0.25) is 19.0 Å². The molecule has 0 aliphatic heterocycles. The molecule has 2 heterocycles. The minimum atomic E-state index is -1.28. The number of Topliss-reactive ketones (excluding diaryl/α,β-unsaturated/α-hetero) is 1. The molecule has 2 aromatic rings. The van der Waals surface area contributed by atoms with Crippen LogP contribution in [0.15, 0.2) is 16.9 Å². The Bertz CT molecular complexity index is 895. The fourth-order valence-corrected chi connectivity index (χ4v) is 2.84. The van der Waals surface area contributed by atoms with Gasteiger partial charge in [0.2, 0.25) is 5.95 Å². The lowest BCUT2D eigenvalue weighted by Crippen LogP contribution is -2.42. The highest BCUT2D eigenvalue weighted by molar-refractivity contribution is 6.02. The lowest BCUT2D eigenvalue weighted by Gasteiger charge is -2.23. The van der Waals surface area contributed by atoms with Gasteiger partial charge in [-0.05, 0) is 33.3 Å². The van der Waals surface area contributed by atoms with Crippen molar-refractivity contribution in [2.45, 2.75) is 46.6 Å². The molecule has 0 saturated heterocycles. The Morgan fingerprint density at radius 1 is 1.23 bits per heavy atom. The molecular formula is C18H25N5O3. The summed E-state index contributed by atoms with van der Waals surface area (Å²) in [5.41, 5.74) is 1.68. The van der Waals surface area contributed by atoms with E-state index in [1.54, 1.807) is 14.1 Å². The van der Waals surface area contributed by atoms with Gasteiger partial charge in [0.25, 0.3) is 11.5 Å². The highest BCUT2D eigenvalue weighted by atomic mass is 16.2. The highest BCUT2D eigenvalue weighted by Crippen LogP contribution is 2.17. The van der Waals surface area contributed by atoms with Crippen molar-refractivity contribution in [2.75, 3.05) is 14.1 Å². The van der Waals surface area contributed by atoms with E-state index in [0.29, 0.717) is 12.1 Å². The second kappa shape index (κ2) is 7.63. The van der Waals surface area contributed by atoms with Gasteiger partial charge in [-0.25, -0.2) is 9.67 Å². The molecule has 2 aromatic heterocycles. The number of hydrogen-bond acceptors (Lipinski definition) is 5. The minimum absolute atomic E-state index is 0.182. The van der Waals surface area contributed by atoms with Crippen molar-refractivity contribution in [1.82, 2.24) is 24.2 Å². The Labute approximate surface area is 152 Å². The third-order valence-corrected chi connectivity index (χ3v) is 4.01. The Hall–Kier alpha value is -2.77. The van der Waals surface area contributed by atoms with E-state index < -0.39 is 23.3 Å². The molecule has 0 saturated carbocycles. The number of aromatic nitrogens is 4. The van der Waals surface area contributed by atoms with Crippen molar-refractivity contribution in [3.63, 3.8) is 0 Å². The van der Waals surface area contributed by atoms with Gasteiger partial charge in [0.1, 0.15) is 0 Å². The van der Waals surface area contributed by atoms with E-state index >= 15 is 0 Å². The molecule has 0 aliphatic carbocycles. The molecule has 2 rings (SSSR count). The number of ketones is 1. The Balaban J connectivity index is 2.83. The summed E-state index contributed by atoms with van der Waals surface area (Å²) in [6.07, 6.45) is 1.44. The number of nitrogens with zero attached hydrogens (tertiary/aromatic N) is 5. The number of likely N-dealkylation sites (N-methyl/N-ethyl adjacent to an activating group) is 1. The summed E-state index contributed by atoms with van der Waals surface area (Å²) in [6.45, 7) is 6.95. The molecule has 1 atom stereocenters. The van der Waals surface area contributed by atoms with Crippen molar-refractivity contribution in [3.05, 3.63) is 39.6 Å². The summed E-state index contributed by atoms with van der Waals surface area (Å²) in [5, 5.41) is 4.39. The largest absolute Gasteiger partial charge is 0.347 e. The Kier molecular flexibility index (Phi) is 5.74. The molecule has 140 valence electrons. The smallest absolute Gasteiger partial charge is 0.256 e. The third kappa shape index (κ3) is 3.74. The van der Waals surface area contributed by atoms with Crippen LogP contribution in [0.2, 0.25) is 0 Å². The fourth-order valence-electron chi connectivity index (χ4n) is 2.84. The monoisotopic (exact) mass is 359 g/mol. The zero-order chi connectivity index (χ0) is 19.6. The normalized spacial score (nSPS) is 12.1. The minimum Gasteiger partial charge on any atom is -0.347 e. The molecule has 1 amide bonds. The van der Waals surface area contributed by atoms with Crippen molar-refractivity contribution in [3.8, 4) is 5.95 Å². The van der Waals surface area contributed by atoms with Crippen LogP contribution in [0.5, 0.6) is 0 Å². The average molecular weight is 359 g/mol. The quantitative estimate of drug-likeness (QED) is 0.723. The van der Waals surface area contributed by atoms with Gasteiger partial charge in [0.15, 0.2) is 11.8 Å². The molecule has 8 nitrogen and oxygen atoms in total. The first kappa shape index (κ1) is 19.6. The van der Waals surface area contributed by atoms with E-state index in [1.807, 2.05) is 26.8 Å². The molecule has 0 radical (unpaired) electrons. The molecule has 0 unspecified atom stereocenters. The van der Waals surface area contributed by atoms with Gasteiger partial charge in [-0.1, -0.05) is 13.3 Å². The van der Waals surface area contributed by atoms with Crippen LogP contribution in [0.4, 0.5) is 0 Å². The number of amides is 1. The Morgan fingerprint density at radius 2 is 1.88 bits per heavy atom. The first-order valence-electron chi connectivity index (χ1n) is 8.55. The lowest BCUT2D eigenvalue weighted by atomic mass is 10.1. The summed E-state index contributed by atoms with van der Waals surface area (Å²) >= 11 is 0. The molecule has 8 heteroatoms. The van der Waals surface area contributed by atoms with E-state index in [2.05, 4.69) is 10.1 Å². The van der Waals surface area contributed by atoms with E-state index in [-0.39, 0.29) is 5.95 Å². The summed E-state index contributed by atoms with van der Waals surface area (Å²) in [4.78, 5) is 43.6. The standard InChI is InChI=1S/C18H25N5O3/c1-7-8-14-10-15(25)22(16(13(4)24)17(26)21(5)6)18(19-14)23-12(3)9-11(2)20-23/h9-10,16H,7-8H2,1-6H3/t16-/m1/s1. The molecule has 0 aromatic carbocycles. The second-order valence-corrected chi connectivity index (χ2v) is 6.59. The van der Waals surface area contributed by atoms with Crippen LogP contribution >= 0.6 is 0 Å². The zero-order valence-corrected chi connectivity index (χ0v) is 16.1. The van der Waals surface area contributed by atoms with E-state index in [4.69, 9.17) is 0 Å². The zero-order valence-electron chi connectivity index (χ0n) is 16.1. The van der Waals surface area contributed by atoms with E-state index in [0.717, 1.165) is 22.4 Å². The fraction of sp³-hybridized carbons (Fsp3) is 0.500. The molecule has 26 heavy (non-hydrogen) atoms. The van der Waals surface area contributed by atoms with Crippen molar-refractivity contribution < 1.29 is 9.59 Å². The predicted molar refractivity (Wildman–Crippen MR) is 97.5 cm³/mol. The number of hydrogen-bond donors (Lipinski definition) is 0. The predicted octanol–water partition coefficient (Wildman–Crippen LogP) is 1.22. The topological polar surface area (TPSA) is 90.1 Å². The van der Waals surface area contributed by atoms with Crippen LogP contribution in [0.3, 0.4) is 0 Å². The molecule has 0 N–H and O–H groups in total. The number of aryl methyl sites for hydroxylation is 3. The maximum absolute atomic E-state index is 12.9. The third-order valence-electron chi connectivity index (χ3n) is 4.01. The average Bonchev–Trinajstić information content (AvgIpc) is 2.87. The molecule has 0 spiro atoms. The van der Waals surface area contributed by atoms with E-state index in [9.17, 15) is 14.4 Å². The first-order chi connectivity index (χ1) is 12.2. The van der Waals surface area contributed by atoms with Crippen LogP contribution in [-0.4, -0.2) is 50.0 Å². The van der Waals surface area contributed by atoms with Gasteiger partial charge in [0, 0.05) is 31.5 Å². The molecular weight excluding hydrogens is 334 g/mol. The highest BCUT2D eigenvalue weighted by Gasteiger charge is 2.31. The van der Waals surface area contributed by atoms with Crippen molar-refractivity contribution >= 4 is 11.7 Å². The van der Waals surface area contributed by atoms with E-state index in [1.165, 1.54) is 22.6 Å². The van der Waals surface area contributed by atoms with Gasteiger partial charge < -0.3 is 4.90 Å². The van der Waals surface area contributed by atoms with Crippen LogP contribution in [-0.2, 0) is 16.0 Å². The van der Waals surface area contributed by atoms with Gasteiger partial charge in [-0.2, -0.15) is 5.10 Å². The van der Waals surface area contributed by atoms with Crippen LogP contribution < -0.4 is 5.56 Å². The maximum Gasteiger partial charge on any atom is 0.256 e. The van der Waals surface area contributed by atoms with Crippen molar-refractivity contribution in [1.29, 1.82) is 0 Å². The maximum atomic E-state index is 12.9. The van der Waals surface area contributed by atoms with Crippen LogP contribution in [0.25, 0.3) is 5.95 Å². The lowest BCUT2D eigenvalue weighted by molar-refractivity contribution is -0.137. The Morgan fingerprint density at radius 3 is 2.35 bits per heavy atom. The number of carbonyl (C=O) groups excluding carboxylic acids is 2.